The number of ether oxygens (including phenoxy) is 1. The van der Waals surface area contributed by atoms with E-state index < -0.39 is 5.97 Å². The molecule has 0 aliphatic heterocycles. The average Bonchev–Trinajstić information content (AvgIpc) is 3.28. The molecule has 2 heterocycles. The van der Waals surface area contributed by atoms with Crippen molar-refractivity contribution in [2.24, 2.45) is 0 Å². The lowest BCUT2D eigenvalue weighted by molar-refractivity contribution is 0.0526. The Morgan fingerprint density at radius 3 is 2.61 bits per heavy atom. The molecule has 0 aliphatic carbocycles. The van der Waals surface area contributed by atoms with Crippen molar-refractivity contribution < 1.29 is 14.3 Å². The summed E-state index contributed by atoms with van der Waals surface area (Å²) in [5.41, 5.74) is 3.95. The molecule has 33 heavy (non-hydrogen) atoms. The summed E-state index contributed by atoms with van der Waals surface area (Å²) in [7, 11) is 0. The highest BCUT2D eigenvalue weighted by Crippen LogP contribution is 2.30. The van der Waals surface area contributed by atoms with Gasteiger partial charge in [0.1, 0.15) is 0 Å². The largest absolute Gasteiger partial charge is 0.462 e. The van der Waals surface area contributed by atoms with Crippen molar-refractivity contribution >= 4 is 39.2 Å². The summed E-state index contributed by atoms with van der Waals surface area (Å²) < 4.78 is 4.99. The Kier molecular flexibility index (Phi) is 5.28. The maximum atomic E-state index is 13.0. The van der Waals surface area contributed by atoms with Gasteiger partial charge in [-0.05, 0) is 54.3 Å². The predicted octanol–water partition coefficient (Wildman–Crippen LogP) is 5.21. The number of nitrogens with one attached hydrogen (secondary N) is 2. The zero-order chi connectivity index (χ0) is 22.8. The average molecular weight is 436 g/mol. The molecule has 0 fully saturated rings. The zero-order valence-electron chi connectivity index (χ0n) is 17.8. The van der Waals surface area contributed by atoms with Crippen LogP contribution in [-0.4, -0.2) is 33.7 Å². The lowest BCUT2D eigenvalue weighted by Gasteiger charge is -2.07. The third kappa shape index (κ3) is 3.92. The number of aromatic nitrogens is 3. The number of hydrogen-bond acceptors (Lipinski definition) is 5. The van der Waals surface area contributed by atoms with Crippen molar-refractivity contribution in [3.05, 3.63) is 90.4 Å². The highest BCUT2D eigenvalue weighted by atomic mass is 16.5. The summed E-state index contributed by atoms with van der Waals surface area (Å²) in [6.07, 6.45) is 3.66. The van der Waals surface area contributed by atoms with Crippen LogP contribution in [0.5, 0.6) is 0 Å². The molecule has 162 valence electrons. The van der Waals surface area contributed by atoms with Gasteiger partial charge in [0.05, 0.1) is 17.7 Å². The standard InChI is InChI=1S/C26H20N4O3/c1-2-33-26(32)16-7-10-19(11-8-16)28-25(31)24-21-13-17(9-12-23(21)29-30-24)22-15-27-14-18-5-3-4-6-20(18)22/h3-15H,2H2,1H3,(H,28,31)(H,29,30). The lowest BCUT2D eigenvalue weighted by Crippen LogP contribution is -2.13. The Bertz CT molecular complexity index is 1480. The zero-order valence-corrected chi connectivity index (χ0v) is 17.8. The molecule has 2 N–H and O–H groups in total. The molecule has 0 spiro atoms. The number of amides is 1. The van der Waals surface area contributed by atoms with Crippen molar-refractivity contribution in [3.63, 3.8) is 0 Å². The molecule has 0 bridgehead atoms. The van der Waals surface area contributed by atoms with Crippen LogP contribution in [0.15, 0.2) is 79.1 Å². The molecule has 2 aromatic heterocycles. The molecular weight excluding hydrogens is 416 g/mol. The second-order valence-electron chi connectivity index (χ2n) is 7.49. The molecule has 1 amide bonds. The second-order valence-corrected chi connectivity index (χ2v) is 7.49. The van der Waals surface area contributed by atoms with Crippen LogP contribution in [0.3, 0.4) is 0 Å². The van der Waals surface area contributed by atoms with Crippen molar-refractivity contribution in [3.8, 4) is 11.1 Å². The number of rotatable bonds is 5. The van der Waals surface area contributed by atoms with Gasteiger partial charge in [0, 0.05) is 34.4 Å². The smallest absolute Gasteiger partial charge is 0.338 e. The van der Waals surface area contributed by atoms with Crippen molar-refractivity contribution in [1.29, 1.82) is 0 Å². The number of anilines is 1. The van der Waals surface area contributed by atoms with Gasteiger partial charge in [-0.2, -0.15) is 5.10 Å². The summed E-state index contributed by atoms with van der Waals surface area (Å²) >= 11 is 0. The Hall–Kier alpha value is -4.52. The number of carbonyl (C=O) groups excluding carboxylic acids is 2. The third-order valence-electron chi connectivity index (χ3n) is 5.41. The minimum Gasteiger partial charge on any atom is -0.462 e. The molecular formula is C26H20N4O3. The van der Waals surface area contributed by atoms with E-state index in [1.54, 1.807) is 31.2 Å². The topological polar surface area (TPSA) is 97.0 Å². The molecule has 0 saturated carbocycles. The van der Waals surface area contributed by atoms with Crippen molar-refractivity contribution in [2.75, 3.05) is 11.9 Å². The van der Waals surface area contributed by atoms with Gasteiger partial charge in [-0.3, -0.25) is 14.9 Å². The highest BCUT2D eigenvalue weighted by molar-refractivity contribution is 6.12. The van der Waals surface area contributed by atoms with Crippen LogP contribution in [-0.2, 0) is 4.74 Å². The first-order chi connectivity index (χ1) is 16.1. The number of carbonyl (C=O) groups is 2. The van der Waals surface area contributed by atoms with E-state index in [0.717, 1.165) is 27.4 Å². The fraction of sp³-hybridized carbons (Fsp3) is 0.0769. The monoisotopic (exact) mass is 436 g/mol. The quantitative estimate of drug-likeness (QED) is 0.369. The SMILES string of the molecule is CCOC(=O)c1ccc(NC(=O)c2n[nH]c3ccc(-c4cncc5ccccc45)cc23)cc1. The van der Waals surface area contributed by atoms with E-state index in [9.17, 15) is 9.59 Å². The lowest BCUT2D eigenvalue weighted by atomic mass is 9.99. The number of esters is 1. The first-order valence-corrected chi connectivity index (χ1v) is 10.5. The summed E-state index contributed by atoms with van der Waals surface area (Å²) in [4.78, 5) is 29.2. The molecule has 7 heteroatoms. The van der Waals surface area contributed by atoms with Gasteiger partial charge in [0.2, 0.25) is 0 Å². The van der Waals surface area contributed by atoms with E-state index in [1.807, 2.05) is 48.8 Å². The van der Waals surface area contributed by atoms with Crippen molar-refractivity contribution in [2.45, 2.75) is 6.92 Å². The maximum absolute atomic E-state index is 13.0. The highest BCUT2D eigenvalue weighted by Gasteiger charge is 2.16. The summed E-state index contributed by atoms with van der Waals surface area (Å²) in [5, 5.41) is 12.8. The van der Waals surface area contributed by atoms with E-state index in [4.69, 9.17) is 4.74 Å². The summed E-state index contributed by atoms with van der Waals surface area (Å²) in [6.45, 7) is 2.06. The van der Waals surface area contributed by atoms with Crippen LogP contribution in [0.4, 0.5) is 5.69 Å². The van der Waals surface area contributed by atoms with E-state index in [0.29, 0.717) is 23.2 Å². The number of aromatic amines is 1. The number of fused-ring (bicyclic) bond motifs is 2. The molecule has 5 aromatic rings. The van der Waals surface area contributed by atoms with Crippen LogP contribution in [0.1, 0.15) is 27.8 Å². The maximum Gasteiger partial charge on any atom is 0.338 e. The predicted molar refractivity (Wildman–Crippen MR) is 127 cm³/mol. The molecule has 0 saturated heterocycles. The fourth-order valence-corrected chi connectivity index (χ4v) is 3.80. The van der Waals surface area contributed by atoms with Gasteiger partial charge >= 0.3 is 5.97 Å². The first kappa shape index (κ1) is 20.4. The van der Waals surface area contributed by atoms with E-state index >= 15 is 0 Å². The van der Waals surface area contributed by atoms with Gasteiger partial charge in [0.25, 0.3) is 5.91 Å². The van der Waals surface area contributed by atoms with Crippen LogP contribution in [0.25, 0.3) is 32.8 Å². The van der Waals surface area contributed by atoms with Crippen LogP contribution >= 0.6 is 0 Å². The molecule has 0 aliphatic rings. The van der Waals surface area contributed by atoms with E-state index in [2.05, 4.69) is 26.6 Å². The van der Waals surface area contributed by atoms with E-state index in [1.165, 1.54) is 0 Å². The van der Waals surface area contributed by atoms with Gasteiger partial charge in [0.15, 0.2) is 5.69 Å². The second kappa shape index (κ2) is 8.55. The van der Waals surface area contributed by atoms with E-state index in [-0.39, 0.29) is 11.6 Å². The molecule has 3 aromatic carbocycles. The van der Waals surface area contributed by atoms with Crippen molar-refractivity contribution in [1.82, 2.24) is 15.2 Å². The summed E-state index contributed by atoms with van der Waals surface area (Å²) in [5.74, 6) is -0.748. The number of H-pyrrole nitrogens is 1. The van der Waals surface area contributed by atoms with Crippen LogP contribution in [0.2, 0.25) is 0 Å². The van der Waals surface area contributed by atoms with Gasteiger partial charge < -0.3 is 10.1 Å². The minimum atomic E-state index is -0.399. The molecule has 5 rings (SSSR count). The minimum absolute atomic E-state index is 0.287. The van der Waals surface area contributed by atoms with Gasteiger partial charge in [-0.1, -0.05) is 30.3 Å². The molecule has 0 unspecified atom stereocenters. The van der Waals surface area contributed by atoms with Crippen LogP contribution < -0.4 is 5.32 Å². The van der Waals surface area contributed by atoms with Gasteiger partial charge in [-0.15, -0.1) is 0 Å². The van der Waals surface area contributed by atoms with Gasteiger partial charge in [-0.25, -0.2) is 4.79 Å². The number of pyridine rings is 1. The molecule has 7 nitrogen and oxygen atoms in total. The molecule has 0 atom stereocenters. The Balaban J connectivity index is 1.45. The normalized spacial score (nSPS) is 10.9. The number of hydrogen-bond donors (Lipinski definition) is 2. The Morgan fingerprint density at radius 1 is 0.970 bits per heavy atom. The number of benzene rings is 3. The Labute approximate surface area is 189 Å². The first-order valence-electron chi connectivity index (χ1n) is 10.5. The van der Waals surface area contributed by atoms with Crippen LogP contribution in [0, 0.1) is 0 Å². The third-order valence-corrected chi connectivity index (χ3v) is 5.41. The molecule has 0 radical (unpaired) electrons. The Morgan fingerprint density at radius 2 is 1.79 bits per heavy atom. The summed E-state index contributed by atoms with van der Waals surface area (Å²) in [6, 6.07) is 20.4. The fourth-order valence-electron chi connectivity index (χ4n) is 3.80. The number of nitrogens with zero attached hydrogens (tertiary/aromatic N) is 2.